The van der Waals surface area contributed by atoms with Crippen LogP contribution < -0.4 is 15.7 Å². The zero-order chi connectivity index (χ0) is 34.1. The smallest absolute Gasteiger partial charge is 0.328 e. The number of hydrogen-bond acceptors (Lipinski definition) is 2. The molecule has 0 amide bonds. The molecule has 0 atom stereocenters. The first kappa shape index (κ1) is 31.1. The lowest BCUT2D eigenvalue weighted by Gasteiger charge is -2.49. The maximum Gasteiger partial charge on any atom is 0.328 e. The van der Waals surface area contributed by atoms with Gasteiger partial charge in [-0.1, -0.05) is 143 Å². The van der Waals surface area contributed by atoms with E-state index in [-0.39, 0.29) is 28.5 Å². The normalized spacial score (nSPS) is 15.5. The standard InChI is InChI=1S/C45H48BNO/c1-42(2,3)27-16-19-37-32(22-27)34-23-29(44(7,8)9)25-36-41(34)47(38-20-17-28(43(4,5)6)24-35(38)45(36,10)11)46(37)30-18-21-40-33(26-30)31-14-12-13-15-39(31)48-40/h12-26H,1-11H3. The second kappa shape index (κ2) is 9.91. The Balaban J connectivity index is 1.50. The molecule has 3 heterocycles. The second-order valence-corrected chi connectivity index (χ2v) is 18.0. The molecule has 0 saturated heterocycles. The summed E-state index contributed by atoms with van der Waals surface area (Å²) >= 11 is 0. The molecule has 5 aromatic carbocycles. The maximum atomic E-state index is 6.32. The third-order valence-corrected chi connectivity index (χ3v) is 11.2. The number of nitrogens with zero attached hydrogens (tertiary/aromatic N) is 1. The van der Waals surface area contributed by atoms with Gasteiger partial charge in [0, 0.05) is 33.1 Å². The molecule has 0 saturated carbocycles. The van der Waals surface area contributed by atoms with Crippen LogP contribution in [0.3, 0.4) is 0 Å². The molecular formula is C45H48BNO. The SMILES string of the molecule is CC(C)(C)c1ccc2c(c1)-c1cc(C(C)(C)C)cc3c1N(B2c1ccc2oc4ccccc4c2c1)c1ccc(C(C)(C)C)cc1C3(C)C. The van der Waals surface area contributed by atoms with E-state index in [4.69, 9.17) is 4.42 Å². The minimum absolute atomic E-state index is 0.00541. The van der Waals surface area contributed by atoms with Gasteiger partial charge in [-0.3, -0.25) is 0 Å². The molecule has 0 radical (unpaired) electrons. The van der Waals surface area contributed by atoms with Crippen LogP contribution in [0.5, 0.6) is 0 Å². The zero-order valence-corrected chi connectivity index (χ0v) is 30.6. The van der Waals surface area contributed by atoms with E-state index in [2.05, 4.69) is 172 Å². The largest absolute Gasteiger partial charge is 0.456 e. The fourth-order valence-electron chi connectivity index (χ4n) is 8.13. The van der Waals surface area contributed by atoms with Crippen molar-refractivity contribution in [1.82, 2.24) is 0 Å². The second-order valence-electron chi connectivity index (χ2n) is 18.0. The molecule has 0 N–H and O–H groups in total. The van der Waals surface area contributed by atoms with Crippen LogP contribution in [-0.2, 0) is 21.7 Å². The summed E-state index contributed by atoms with van der Waals surface area (Å²) < 4.78 is 6.32. The summed E-state index contributed by atoms with van der Waals surface area (Å²) in [6, 6.07) is 34.9. The fraction of sp³-hybridized carbons (Fsp3) is 0.333. The van der Waals surface area contributed by atoms with Crippen molar-refractivity contribution < 1.29 is 4.42 Å². The number of anilines is 2. The number of para-hydroxylation sites is 1. The summed E-state index contributed by atoms with van der Waals surface area (Å²) in [6.45, 7) is 25.9. The van der Waals surface area contributed by atoms with Gasteiger partial charge in [-0.15, -0.1) is 0 Å². The Morgan fingerprint density at radius 1 is 0.562 bits per heavy atom. The average molecular weight is 630 g/mol. The highest BCUT2D eigenvalue weighted by molar-refractivity contribution is 6.91. The third-order valence-electron chi connectivity index (χ3n) is 11.2. The maximum absolute atomic E-state index is 6.32. The Bertz CT molecular complexity index is 2280. The highest BCUT2D eigenvalue weighted by atomic mass is 16.3. The first-order chi connectivity index (χ1) is 22.4. The molecule has 1 aromatic heterocycles. The highest BCUT2D eigenvalue weighted by Gasteiger charge is 2.47. The van der Waals surface area contributed by atoms with Gasteiger partial charge < -0.3 is 9.23 Å². The van der Waals surface area contributed by atoms with Crippen molar-refractivity contribution in [3.05, 3.63) is 119 Å². The Labute approximate surface area is 287 Å². The lowest BCUT2D eigenvalue weighted by molar-refractivity contribution is 0.574. The molecule has 0 spiro atoms. The van der Waals surface area contributed by atoms with Crippen molar-refractivity contribution >= 4 is 51.1 Å². The van der Waals surface area contributed by atoms with E-state index in [9.17, 15) is 0 Å². The van der Waals surface area contributed by atoms with Gasteiger partial charge in [-0.2, -0.15) is 0 Å². The van der Waals surface area contributed by atoms with Crippen LogP contribution in [-0.4, -0.2) is 6.85 Å². The van der Waals surface area contributed by atoms with Gasteiger partial charge in [0.25, 0.3) is 0 Å². The van der Waals surface area contributed by atoms with E-state index in [0.29, 0.717) is 0 Å². The van der Waals surface area contributed by atoms with E-state index in [1.54, 1.807) is 0 Å². The quantitative estimate of drug-likeness (QED) is 0.168. The Morgan fingerprint density at radius 2 is 1.17 bits per heavy atom. The molecule has 0 bridgehead atoms. The van der Waals surface area contributed by atoms with Gasteiger partial charge in [-0.25, -0.2) is 0 Å². The van der Waals surface area contributed by atoms with Crippen LogP contribution in [0, 0.1) is 0 Å². The third kappa shape index (κ3) is 4.53. The number of rotatable bonds is 1. The van der Waals surface area contributed by atoms with Gasteiger partial charge in [-0.05, 0) is 84.8 Å². The minimum Gasteiger partial charge on any atom is -0.456 e. The van der Waals surface area contributed by atoms with Crippen LogP contribution in [0.25, 0.3) is 33.1 Å². The van der Waals surface area contributed by atoms with Crippen LogP contribution in [0.15, 0.2) is 95.4 Å². The van der Waals surface area contributed by atoms with Crippen molar-refractivity contribution in [3.63, 3.8) is 0 Å². The van der Waals surface area contributed by atoms with Gasteiger partial charge >= 0.3 is 6.85 Å². The molecule has 0 aliphatic carbocycles. The molecule has 242 valence electrons. The van der Waals surface area contributed by atoms with E-state index in [0.717, 1.165) is 11.2 Å². The molecule has 3 heteroatoms. The average Bonchev–Trinajstić information content (AvgIpc) is 3.39. The van der Waals surface area contributed by atoms with Crippen LogP contribution in [0.4, 0.5) is 11.4 Å². The summed E-state index contributed by atoms with van der Waals surface area (Å²) in [7, 11) is 0. The van der Waals surface area contributed by atoms with Crippen molar-refractivity contribution in [1.29, 1.82) is 0 Å². The van der Waals surface area contributed by atoms with Crippen molar-refractivity contribution in [3.8, 4) is 11.1 Å². The van der Waals surface area contributed by atoms with E-state index < -0.39 is 0 Å². The predicted octanol–water partition coefficient (Wildman–Crippen LogP) is 11.0. The van der Waals surface area contributed by atoms with Gasteiger partial charge in [0.15, 0.2) is 0 Å². The Hall–Kier alpha value is -4.24. The Kier molecular flexibility index (Phi) is 6.41. The summed E-state index contributed by atoms with van der Waals surface area (Å²) in [5.41, 5.74) is 16.7. The number of benzene rings is 5. The lowest BCUT2D eigenvalue weighted by Crippen LogP contribution is -2.59. The first-order valence-corrected chi connectivity index (χ1v) is 17.6. The first-order valence-electron chi connectivity index (χ1n) is 17.6. The summed E-state index contributed by atoms with van der Waals surface area (Å²) in [5, 5.41) is 2.34. The topological polar surface area (TPSA) is 16.4 Å². The zero-order valence-electron chi connectivity index (χ0n) is 30.6. The Morgan fingerprint density at radius 3 is 1.88 bits per heavy atom. The van der Waals surface area contributed by atoms with E-state index in [1.165, 1.54) is 72.0 Å². The summed E-state index contributed by atoms with van der Waals surface area (Å²) in [6.07, 6.45) is 0. The van der Waals surface area contributed by atoms with E-state index in [1.807, 2.05) is 0 Å². The molecular weight excluding hydrogens is 581 g/mol. The van der Waals surface area contributed by atoms with Gasteiger partial charge in [0.1, 0.15) is 11.2 Å². The molecule has 0 fully saturated rings. The molecule has 2 nitrogen and oxygen atoms in total. The highest BCUT2D eigenvalue weighted by Crippen LogP contribution is 2.56. The van der Waals surface area contributed by atoms with Crippen LogP contribution >= 0.6 is 0 Å². The van der Waals surface area contributed by atoms with Crippen molar-refractivity contribution in [2.45, 2.75) is 97.8 Å². The predicted molar refractivity (Wildman–Crippen MR) is 207 cm³/mol. The fourth-order valence-corrected chi connectivity index (χ4v) is 8.13. The van der Waals surface area contributed by atoms with Crippen molar-refractivity contribution in [2.24, 2.45) is 0 Å². The lowest BCUT2D eigenvalue weighted by atomic mass is 9.44. The van der Waals surface area contributed by atoms with E-state index >= 15 is 0 Å². The molecule has 0 unspecified atom stereocenters. The number of furan rings is 1. The molecule has 6 aromatic rings. The van der Waals surface area contributed by atoms with Crippen molar-refractivity contribution in [2.75, 3.05) is 4.81 Å². The molecule has 48 heavy (non-hydrogen) atoms. The van der Waals surface area contributed by atoms with Gasteiger partial charge in [0.2, 0.25) is 0 Å². The van der Waals surface area contributed by atoms with Gasteiger partial charge in [0.05, 0.1) is 0 Å². The number of fused-ring (bicyclic) bond motifs is 7. The minimum atomic E-state index is -0.188. The summed E-state index contributed by atoms with van der Waals surface area (Å²) in [5.74, 6) is 0. The molecule has 2 aliphatic heterocycles. The number of hydrogen-bond donors (Lipinski definition) is 0. The van der Waals surface area contributed by atoms with Crippen LogP contribution in [0.1, 0.15) is 104 Å². The monoisotopic (exact) mass is 629 g/mol. The molecule has 2 aliphatic rings. The molecule has 8 rings (SSSR count). The summed E-state index contributed by atoms with van der Waals surface area (Å²) in [4.78, 5) is 2.69. The van der Waals surface area contributed by atoms with Crippen LogP contribution in [0.2, 0.25) is 0 Å².